The molecule has 6 heteroatoms. The SMILES string of the molecule is CC(C)NS(=O)(=O)NCCc1cccc2c1NCCC2. The first-order valence-corrected chi connectivity index (χ1v) is 8.58. The molecule has 0 saturated carbocycles. The van der Waals surface area contributed by atoms with Crippen LogP contribution in [-0.2, 0) is 23.1 Å². The van der Waals surface area contributed by atoms with E-state index in [9.17, 15) is 8.42 Å². The van der Waals surface area contributed by atoms with Crippen molar-refractivity contribution in [3.63, 3.8) is 0 Å². The third-order valence-electron chi connectivity index (χ3n) is 3.24. The van der Waals surface area contributed by atoms with Gasteiger partial charge in [0.2, 0.25) is 0 Å². The predicted molar refractivity (Wildman–Crippen MR) is 82.2 cm³/mol. The Bertz CT molecular complexity index is 556. The molecule has 1 aliphatic rings. The zero-order chi connectivity index (χ0) is 14.6. The van der Waals surface area contributed by atoms with Gasteiger partial charge in [-0.2, -0.15) is 13.1 Å². The summed E-state index contributed by atoms with van der Waals surface area (Å²) in [4.78, 5) is 0. The highest BCUT2D eigenvalue weighted by atomic mass is 32.2. The average molecular weight is 297 g/mol. The van der Waals surface area contributed by atoms with E-state index in [1.807, 2.05) is 6.07 Å². The van der Waals surface area contributed by atoms with E-state index in [-0.39, 0.29) is 6.04 Å². The maximum atomic E-state index is 11.7. The summed E-state index contributed by atoms with van der Waals surface area (Å²) in [5.41, 5.74) is 3.70. The van der Waals surface area contributed by atoms with Crippen molar-refractivity contribution in [2.75, 3.05) is 18.4 Å². The van der Waals surface area contributed by atoms with Crippen LogP contribution in [0.4, 0.5) is 5.69 Å². The third kappa shape index (κ3) is 4.19. The first kappa shape index (κ1) is 15.3. The largest absolute Gasteiger partial charge is 0.385 e. The maximum Gasteiger partial charge on any atom is 0.277 e. The van der Waals surface area contributed by atoms with E-state index in [4.69, 9.17) is 0 Å². The molecule has 0 atom stereocenters. The molecule has 0 aromatic heterocycles. The van der Waals surface area contributed by atoms with Gasteiger partial charge in [-0.15, -0.1) is 0 Å². The van der Waals surface area contributed by atoms with Crippen molar-refractivity contribution in [1.82, 2.24) is 9.44 Å². The summed E-state index contributed by atoms with van der Waals surface area (Å²) in [5, 5.41) is 3.42. The highest BCUT2D eigenvalue weighted by Crippen LogP contribution is 2.26. The lowest BCUT2D eigenvalue weighted by Crippen LogP contribution is -2.41. The van der Waals surface area contributed by atoms with Gasteiger partial charge >= 0.3 is 0 Å². The number of para-hydroxylation sites is 1. The van der Waals surface area contributed by atoms with Gasteiger partial charge in [-0.05, 0) is 44.2 Å². The Balaban J connectivity index is 1.95. The second-order valence-corrected chi connectivity index (χ2v) is 6.93. The standard InChI is InChI=1S/C14H23N3O2S/c1-11(2)17-20(18,19)16-10-8-13-6-3-5-12-7-4-9-15-14(12)13/h3,5-6,11,15-17H,4,7-10H2,1-2H3. The third-order valence-corrected chi connectivity index (χ3v) is 4.60. The van der Waals surface area contributed by atoms with Crippen LogP contribution in [-0.4, -0.2) is 27.5 Å². The molecule has 0 spiro atoms. The molecule has 112 valence electrons. The zero-order valence-electron chi connectivity index (χ0n) is 12.1. The van der Waals surface area contributed by atoms with E-state index in [0.29, 0.717) is 13.0 Å². The molecule has 0 fully saturated rings. The van der Waals surface area contributed by atoms with Crippen LogP contribution in [0.15, 0.2) is 18.2 Å². The Labute approximate surface area is 121 Å². The van der Waals surface area contributed by atoms with Crippen molar-refractivity contribution < 1.29 is 8.42 Å². The lowest BCUT2D eigenvalue weighted by atomic mass is 9.98. The molecule has 0 bridgehead atoms. The van der Waals surface area contributed by atoms with Crippen molar-refractivity contribution in [1.29, 1.82) is 0 Å². The van der Waals surface area contributed by atoms with Crippen LogP contribution in [0.3, 0.4) is 0 Å². The van der Waals surface area contributed by atoms with Crippen LogP contribution in [0.1, 0.15) is 31.4 Å². The molecule has 2 rings (SSSR count). The molecule has 0 unspecified atom stereocenters. The molecule has 5 nitrogen and oxygen atoms in total. The molecule has 20 heavy (non-hydrogen) atoms. The predicted octanol–water partition coefficient (Wildman–Crippen LogP) is 1.42. The Kier molecular flexibility index (Phi) is 5.01. The Morgan fingerprint density at radius 3 is 2.90 bits per heavy atom. The molecular weight excluding hydrogens is 274 g/mol. The van der Waals surface area contributed by atoms with E-state index >= 15 is 0 Å². The molecule has 0 aliphatic carbocycles. The first-order chi connectivity index (χ1) is 9.48. The van der Waals surface area contributed by atoms with Gasteiger partial charge in [-0.1, -0.05) is 18.2 Å². The van der Waals surface area contributed by atoms with Gasteiger partial charge in [0.1, 0.15) is 0 Å². The van der Waals surface area contributed by atoms with Crippen molar-refractivity contribution in [3.05, 3.63) is 29.3 Å². The summed E-state index contributed by atoms with van der Waals surface area (Å²) < 4.78 is 28.5. The monoisotopic (exact) mass is 297 g/mol. The van der Waals surface area contributed by atoms with Crippen molar-refractivity contribution in [2.24, 2.45) is 0 Å². The lowest BCUT2D eigenvalue weighted by molar-refractivity contribution is 0.555. The van der Waals surface area contributed by atoms with Crippen LogP contribution in [0, 0.1) is 0 Å². The van der Waals surface area contributed by atoms with Crippen molar-refractivity contribution in [2.45, 2.75) is 39.2 Å². The molecule has 1 aromatic carbocycles. The fraction of sp³-hybridized carbons (Fsp3) is 0.571. The number of rotatable bonds is 6. The number of hydrogen-bond donors (Lipinski definition) is 3. The van der Waals surface area contributed by atoms with Crippen molar-refractivity contribution in [3.8, 4) is 0 Å². The number of nitrogens with one attached hydrogen (secondary N) is 3. The van der Waals surface area contributed by atoms with E-state index in [2.05, 4.69) is 26.9 Å². The number of hydrogen-bond acceptors (Lipinski definition) is 3. The molecule has 0 saturated heterocycles. The maximum absolute atomic E-state index is 11.7. The summed E-state index contributed by atoms with van der Waals surface area (Å²) in [5.74, 6) is 0. The van der Waals surface area contributed by atoms with Gasteiger partial charge in [0.15, 0.2) is 0 Å². The molecule has 1 aromatic rings. The number of aryl methyl sites for hydroxylation is 1. The minimum Gasteiger partial charge on any atom is -0.385 e. The van der Waals surface area contributed by atoms with Gasteiger partial charge in [-0.25, -0.2) is 4.72 Å². The quantitative estimate of drug-likeness (QED) is 0.744. The fourth-order valence-corrected chi connectivity index (χ4v) is 3.54. The smallest absolute Gasteiger partial charge is 0.277 e. The average Bonchev–Trinajstić information content (AvgIpc) is 2.37. The first-order valence-electron chi connectivity index (χ1n) is 7.09. The van der Waals surface area contributed by atoms with Gasteiger partial charge in [0.05, 0.1) is 0 Å². The summed E-state index contributed by atoms with van der Waals surface area (Å²) in [6.07, 6.45) is 2.94. The lowest BCUT2D eigenvalue weighted by Gasteiger charge is -2.21. The van der Waals surface area contributed by atoms with Crippen molar-refractivity contribution >= 4 is 15.9 Å². The molecule has 0 radical (unpaired) electrons. The summed E-state index contributed by atoms with van der Waals surface area (Å²) >= 11 is 0. The second-order valence-electron chi connectivity index (χ2n) is 5.40. The molecule has 3 N–H and O–H groups in total. The molecular formula is C14H23N3O2S. The molecule has 0 amide bonds. The molecule has 1 aliphatic heterocycles. The van der Waals surface area contributed by atoms with Gasteiger partial charge in [0.25, 0.3) is 10.2 Å². The van der Waals surface area contributed by atoms with Crippen LogP contribution in [0.5, 0.6) is 0 Å². The highest BCUT2D eigenvalue weighted by molar-refractivity contribution is 7.87. The van der Waals surface area contributed by atoms with Crippen LogP contribution >= 0.6 is 0 Å². The van der Waals surface area contributed by atoms with Crippen LogP contribution in [0.25, 0.3) is 0 Å². The van der Waals surface area contributed by atoms with E-state index in [1.165, 1.54) is 16.8 Å². The number of anilines is 1. The fourth-order valence-electron chi connectivity index (χ4n) is 2.46. The zero-order valence-corrected chi connectivity index (χ0v) is 12.9. The highest BCUT2D eigenvalue weighted by Gasteiger charge is 2.14. The Hall–Kier alpha value is -1.11. The van der Waals surface area contributed by atoms with Gasteiger partial charge < -0.3 is 5.32 Å². The topological polar surface area (TPSA) is 70.2 Å². The Morgan fingerprint density at radius 2 is 2.15 bits per heavy atom. The minimum absolute atomic E-state index is 0.0985. The second kappa shape index (κ2) is 6.56. The summed E-state index contributed by atoms with van der Waals surface area (Å²) in [6.45, 7) is 5.00. The number of benzene rings is 1. The molecule has 1 heterocycles. The summed E-state index contributed by atoms with van der Waals surface area (Å²) in [6, 6.07) is 6.14. The van der Waals surface area contributed by atoms with Gasteiger partial charge in [0, 0.05) is 24.8 Å². The van der Waals surface area contributed by atoms with E-state index in [0.717, 1.165) is 19.4 Å². The summed E-state index contributed by atoms with van der Waals surface area (Å²) in [7, 11) is -3.39. The van der Waals surface area contributed by atoms with E-state index < -0.39 is 10.2 Å². The van der Waals surface area contributed by atoms with Crippen LogP contribution in [0.2, 0.25) is 0 Å². The van der Waals surface area contributed by atoms with E-state index in [1.54, 1.807) is 13.8 Å². The normalized spacial score (nSPS) is 14.9. The minimum atomic E-state index is -3.39. The van der Waals surface area contributed by atoms with Gasteiger partial charge in [-0.3, -0.25) is 0 Å². The number of fused-ring (bicyclic) bond motifs is 1. The Morgan fingerprint density at radius 1 is 1.35 bits per heavy atom. The van der Waals surface area contributed by atoms with Crippen LogP contribution < -0.4 is 14.8 Å².